The number of alkyl halides is 6. The Hall–Kier alpha value is -2.29. The van der Waals surface area contributed by atoms with E-state index in [9.17, 15) is 31.1 Å². The number of carbonyl (C=O) groups excluding carboxylic acids is 1. The first-order valence-corrected chi connectivity index (χ1v) is 7.26. The number of halogens is 6. The van der Waals surface area contributed by atoms with Crippen LogP contribution in [0, 0.1) is 0 Å². The lowest BCUT2D eigenvalue weighted by atomic mass is 10.1. The number of rotatable bonds is 4. The summed E-state index contributed by atoms with van der Waals surface area (Å²) in [6.07, 6.45) is -7.82. The van der Waals surface area contributed by atoms with Crippen molar-refractivity contribution in [2.24, 2.45) is 0 Å². The first kappa shape index (κ1) is 18.1. The fraction of sp³-hybridized carbons (Fsp3) is 0.133. The lowest BCUT2D eigenvalue weighted by Crippen LogP contribution is -2.11. The van der Waals surface area contributed by atoms with E-state index in [4.69, 9.17) is 0 Å². The molecule has 0 radical (unpaired) electrons. The summed E-state index contributed by atoms with van der Waals surface area (Å²) < 4.78 is 76.2. The second-order valence-electron chi connectivity index (χ2n) is 4.61. The molecule has 2 aromatic rings. The monoisotopic (exact) mass is 365 g/mol. The molecule has 0 spiro atoms. The molecule has 1 aromatic heterocycles. The van der Waals surface area contributed by atoms with Gasteiger partial charge in [-0.2, -0.15) is 26.3 Å². The molecule has 1 aromatic carbocycles. The van der Waals surface area contributed by atoms with Gasteiger partial charge in [-0.05, 0) is 29.6 Å². The van der Waals surface area contributed by atoms with Crippen LogP contribution in [-0.2, 0) is 12.4 Å². The molecule has 0 unspecified atom stereocenters. The van der Waals surface area contributed by atoms with Gasteiger partial charge in [0.05, 0.1) is 16.0 Å². The van der Waals surface area contributed by atoms with Crippen LogP contribution in [0.25, 0.3) is 0 Å². The van der Waals surface area contributed by atoms with Gasteiger partial charge in [0.15, 0.2) is 5.78 Å². The molecule has 128 valence electrons. The zero-order chi connectivity index (χ0) is 18.0. The summed E-state index contributed by atoms with van der Waals surface area (Å²) in [5.41, 5.74) is -3.29. The first-order valence-electron chi connectivity index (χ1n) is 6.38. The summed E-state index contributed by atoms with van der Waals surface area (Å²) in [5.74, 6) is -0.416. The van der Waals surface area contributed by atoms with Gasteiger partial charge in [-0.1, -0.05) is 6.07 Å². The number of allylic oxidation sites excluding steroid dienone is 1. The van der Waals surface area contributed by atoms with Crippen molar-refractivity contribution in [3.63, 3.8) is 0 Å². The normalized spacial score (nSPS) is 12.6. The third-order valence-electron chi connectivity index (χ3n) is 2.84. The van der Waals surface area contributed by atoms with Gasteiger partial charge >= 0.3 is 12.4 Å². The number of hydrogen-bond donors (Lipinski definition) is 1. The Bertz CT molecular complexity index is 714. The lowest BCUT2D eigenvalue weighted by Gasteiger charge is -2.14. The average Bonchev–Trinajstić information content (AvgIpc) is 2.99. The molecule has 0 saturated heterocycles. The number of nitrogens with one attached hydrogen (secondary N) is 1. The van der Waals surface area contributed by atoms with Crippen molar-refractivity contribution in [3.8, 4) is 0 Å². The summed E-state index contributed by atoms with van der Waals surface area (Å²) in [7, 11) is 0. The maximum Gasteiger partial charge on any atom is 0.416 e. The zero-order valence-corrected chi connectivity index (χ0v) is 12.5. The highest BCUT2D eigenvalue weighted by atomic mass is 32.1. The van der Waals surface area contributed by atoms with E-state index in [1.165, 1.54) is 0 Å². The van der Waals surface area contributed by atoms with Crippen molar-refractivity contribution in [1.29, 1.82) is 0 Å². The Balaban J connectivity index is 2.24. The third kappa shape index (κ3) is 4.60. The molecule has 0 aliphatic rings. The van der Waals surface area contributed by atoms with E-state index in [0.29, 0.717) is 17.0 Å². The van der Waals surface area contributed by atoms with Crippen molar-refractivity contribution in [1.82, 2.24) is 0 Å². The van der Waals surface area contributed by atoms with E-state index in [1.54, 1.807) is 17.5 Å². The van der Waals surface area contributed by atoms with Gasteiger partial charge < -0.3 is 5.32 Å². The van der Waals surface area contributed by atoms with Gasteiger partial charge in [0, 0.05) is 18.0 Å². The van der Waals surface area contributed by atoms with Gasteiger partial charge in [-0.3, -0.25) is 4.79 Å². The standard InChI is InChI=1S/C15H9F6NOS/c16-14(17,18)9-6-10(15(19,20)21)8-11(7-9)22-4-3-12(23)13-2-1-5-24-13/h1-8,22H/b4-3+. The average molecular weight is 365 g/mol. The largest absolute Gasteiger partial charge is 0.416 e. The van der Waals surface area contributed by atoms with Crippen LogP contribution >= 0.6 is 11.3 Å². The molecule has 0 aliphatic carbocycles. The lowest BCUT2D eigenvalue weighted by molar-refractivity contribution is -0.143. The van der Waals surface area contributed by atoms with Crippen LogP contribution in [0.1, 0.15) is 20.8 Å². The van der Waals surface area contributed by atoms with E-state index in [1.807, 2.05) is 0 Å². The molecule has 2 nitrogen and oxygen atoms in total. The van der Waals surface area contributed by atoms with E-state index in [2.05, 4.69) is 5.32 Å². The van der Waals surface area contributed by atoms with E-state index in [-0.39, 0.29) is 6.07 Å². The van der Waals surface area contributed by atoms with Crippen molar-refractivity contribution >= 4 is 22.8 Å². The number of carbonyl (C=O) groups is 1. The van der Waals surface area contributed by atoms with Crippen LogP contribution in [0.15, 0.2) is 48.0 Å². The summed E-state index contributed by atoms with van der Waals surface area (Å²) >= 11 is 1.16. The minimum absolute atomic E-state index is 0.0334. The zero-order valence-electron chi connectivity index (χ0n) is 11.7. The van der Waals surface area contributed by atoms with Gasteiger partial charge in [-0.25, -0.2) is 0 Å². The molecule has 24 heavy (non-hydrogen) atoms. The summed E-state index contributed by atoms with van der Waals surface area (Å²) in [6.45, 7) is 0. The number of ketones is 1. The Morgan fingerprint density at radius 3 is 2.04 bits per heavy atom. The molecule has 2 rings (SSSR count). The second-order valence-corrected chi connectivity index (χ2v) is 5.56. The molecule has 0 bridgehead atoms. The number of benzene rings is 1. The van der Waals surface area contributed by atoms with Crippen molar-refractivity contribution in [2.45, 2.75) is 12.4 Å². The highest BCUT2D eigenvalue weighted by Gasteiger charge is 2.36. The van der Waals surface area contributed by atoms with Crippen LogP contribution in [-0.4, -0.2) is 5.78 Å². The Morgan fingerprint density at radius 1 is 1.00 bits per heavy atom. The summed E-state index contributed by atoms with van der Waals surface area (Å²) in [6, 6.07) is 4.29. The molecule has 9 heteroatoms. The number of hydrogen-bond acceptors (Lipinski definition) is 3. The Labute approximate surface area is 136 Å². The van der Waals surface area contributed by atoms with E-state index >= 15 is 0 Å². The van der Waals surface area contributed by atoms with Crippen molar-refractivity contribution < 1.29 is 31.1 Å². The molecule has 0 atom stereocenters. The predicted octanol–water partition coefficient (Wildman–Crippen LogP) is 5.59. The highest BCUT2D eigenvalue weighted by molar-refractivity contribution is 7.12. The van der Waals surface area contributed by atoms with Crippen LogP contribution < -0.4 is 5.32 Å². The second kappa shape index (κ2) is 6.68. The summed E-state index contributed by atoms with van der Waals surface area (Å²) in [4.78, 5) is 12.1. The fourth-order valence-corrected chi connectivity index (χ4v) is 2.40. The molecule has 0 amide bonds. The van der Waals surface area contributed by atoms with Crippen LogP contribution in [0.5, 0.6) is 0 Å². The van der Waals surface area contributed by atoms with Crippen LogP contribution in [0.4, 0.5) is 32.0 Å². The molecular weight excluding hydrogens is 356 g/mol. The minimum atomic E-state index is -4.92. The topological polar surface area (TPSA) is 29.1 Å². The van der Waals surface area contributed by atoms with Crippen molar-refractivity contribution in [3.05, 3.63) is 64.0 Å². The number of anilines is 1. The van der Waals surface area contributed by atoms with E-state index in [0.717, 1.165) is 23.6 Å². The molecule has 0 aliphatic heterocycles. The smallest absolute Gasteiger partial charge is 0.362 e. The Morgan fingerprint density at radius 2 is 1.58 bits per heavy atom. The molecule has 1 heterocycles. The third-order valence-corrected chi connectivity index (χ3v) is 3.72. The molecular formula is C15H9F6NOS. The summed E-state index contributed by atoms with van der Waals surface area (Å²) in [5, 5.41) is 3.93. The molecule has 1 N–H and O–H groups in total. The SMILES string of the molecule is O=C(/C=C/Nc1cc(C(F)(F)F)cc(C(F)(F)F)c1)c1cccs1. The van der Waals surface area contributed by atoms with Crippen LogP contribution in [0.2, 0.25) is 0 Å². The first-order chi connectivity index (χ1) is 11.1. The van der Waals surface area contributed by atoms with E-state index < -0.39 is 35.0 Å². The number of thiophene rings is 1. The Kier molecular flexibility index (Phi) is 5.02. The van der Waals surface area contributed by atoms with Crippen LogP contribution in [0.3, 0.4) is 0 Å². The highest BCUT2D eigenvalue weighted by Crippen LogP contribution is 2.37. The van der Waals surface area contributed by atoms with Crippen molar-refractivity contribution in [2.75, 3.05) is 5.32 Å². The fourth-order valence-electron chi connectivity index (χ4n) is 1.75. The maximum absolute atomic E-state index is 12.7. The molecule has 0 fully saturated rings. The van der Waals surface area contributed by atoms with Gasteiger partial charge in [0.2, 0.25) is 0 Å². The van der Waals surface area contributed by atoms with Gasteiger partial charge in [0.1, 0.15) is 0 Å². The minimum Gasteiger partial charge on any atom is -0.362 e. The quantitative estimate of drug-likeness (QED) is 0.434. The molecule has 0 saturated carbocycles. The predicted molar refractivity (Wildman–Crippen MR) is 77.9 cm³/mol. The van der Waals surface area contributed by atoms with Gasteiger partial charge in [0.25, 0.3) is 0 Å². The maximum atomic E-state index is 12.7. The van der Waals surface area contributed by atoms with Gasteiger partial charge in [-0.15, -0.1) is 11.3 Å².